The zero-order chi connectivity index (χ0) is 14.1. The van der Waals surface area contributed by atoms with E-state index in [0.717, 1.165) is 18.9 Å². The average Bonchev–Trinajstić information content (AvgIpc) is 2.80. The SMILES string of the molecule is CCCC(CCC)C(CCc1cnn(C)c1)NCC. The molecule has 3 heteroatoms. The van der Waals surface area contributed by atoms with Crippen molar-refractivity contribution in [3.63, 3.8) is 0 Å². The second-order valence-corrected chi connectivity index (χ2v) is 5.56. The smallest absolute Gasteiger partial charge is 0.0521 e. The molecule has 1 N–H and O–H groups in total. The van der Waals surface area contributed by atoms with Gasteiger partial charge in [-0.3, -0.25) is 4.68 Å². The van der Waals surface area contributed by atoms with E-state index < -0.39 is 0 Å². The molecule has 0 saturated heterocycles. The lowest BCUT2D eigenvalue weighted by Crippen LogP contribution is -2.36. The van der Waals surface area contributed by atoms with Gasteiger partial charge in [0, 0.05) is 19.3 Å². The van der Waals surface area contributed by atoms with Gasteiger partial charge in [0.25, 0.3) is 0 Å². The third-order valence-corrected chi connectivity index (χ3v) is 3.86. The highest BCUT2D eigenvalue weighted by molar-refractivity contribution is 5.04. The van der Waals surface area contributed by atoms with Gasteiger partial charge in [0.2, 0.25) is 0 Å². The molecular formula is C16H31N3. The number of hydrogen-bond acceptors (Lipinski definition) is 2. The molecule has 3 nitrogen and oxygen atoms in total. The number of aryl methyl sites for hydroxylation is 2. The minimum Gasteiger partial charge on any atom is -0.314 e. The highest BCUT2D eigenvalue weighted by Gasteiger charge is 2.19. The molecule has 0 aliphatic carbocycles. The van der Waals surface area contributed by atoms with Gasteiger partial charge in [-0.2, -0.15) is 5.10 Å². The van der Waals surface area contributed by atoms with E-state index in [2.05, 4.69) is 37.4 Å². The second kappa shape index (κ2) is 9.13. The summed E-state index contributed by atoms with van der Waals surface area (Å²) >= 11 is 0. The molecule has 0 amide bonds. The molecule has 0 spiro atoms. The third-order valence-electron chi connectivity index (χ3n) is 3.86. The second-order valence-electron chi connectivity index (χ2n) is 5.56. The lowest BCUT2D eigenvalue weighted by molar-refractivity contribution is 0.300. The van der Waals surface area contributed by atoms with E-state index in [1.54, 1.807) is 0 Å². The van der Waals surface area contributed by atoms with Crippen molar-refractivity contribution in [3.8, 4) is 0 Å². The van der Waals surface area contributed by atoms with Crippen molar-refractivity contribution in [3.05, 3.63) is 18.0 Å². The highest BCUT2D eigenvalue weighted by atomic mass is 15.2. The van der Waals surface area contributed by atoms with Crippen LogP contribution >= 0.6 is 0 Å². The third kappa shape index (κ3) is 5.77. The van der Waals surface area contributed by atoms with Crippen LogP contribution in [0, 0.1) is 5.92 Å². The molecule has 0 bridgehead atoms. The summed E-state index contributed by atoms with van der Waals surface area (Å²) in [5.74, 6) is 0.826. The maximum absolute atomic E-state index is 4.25. The van der Waals surface area contributed by atoms with Gasteiger partial charge in [-0.1, -0.05) is 33.6 Å². The first-order chi connectivity index (χ1) is 9.21. The average molecular weight is 265 g/mol. The van der Waals surface area contributed by atoms with Gasteiger partial charge in [0.15, 0.2) is 0 Å². The van der Waals surface area contributed by atoms with Crippen LogP contribution in [-0.2, 0) is 13.5 Å². The maximum atomic E-state index is 4.25. The molecule has 1 aromatic heterocycles. The van der Waals surface area contributed by atoms with Crippen molar-refractivity contribution in [2.75, 3.05) is 6.54 Å². The Kier molecular flexibility index (Phi) is 7.80. The first kappa shape index (κ1) is 16.2. The molecule has 0 saturated carbocycles. The summed E-state index contributed by atoms with van der Waals surface area (Å²) in [6, 6.07) is 0.658. The molecule has 0 aromatic carbocycles. The van der Waals surface area contributed by atoms with Gasteiger partial charge in [0.05, 0.1) is 6.20 Å². The summed E-state index contributed by atoms with van der Waals surface area (Å²) < 4.78 is 1.90. The summed E-state index contributed by atoms with van der Waals surface area (Å²) in [5.41, 5.74) is 1.36. The molecule has 1 unspecified atom stereocenters. The Morgan fingerprint density at radius 3 is 2.32 bits per heavy atom. The van der Waals surface area contributed by atoms with Crippen LogP contribution in [0.5, 0.6) is 0 Å². The first-order valence-electron chi connectivity index (χ1n) is 7.92. The predicted molar refractivity (Wildman–Crippen MR) is 82.3 cm³/mol. The van der Waals surface area contributed by atoms with Gasteiger partial charge in [-0.15, -0.1) is 0 Å². The first-order valence-corrected chi connectivity index (χ1v) is 7.92. The molecule has 110 valence electrons. The van der Waals surface area contributed by atoms with Crippen LogP contribution in [0.4, 0.5) is 0 Å². The zero-order valence-electron chi connectivity index (χ0n) is 13.2. The van der Waals surface area contributed by atoms with E-state index in [1.807, 2.05) is 17.9 Å². The monoisotopic (exact) mass is 265 g/mol. The van der Waals surface area contributed by atoms with Crippen LogP contribution in [-0.4, -0.2) is 22.4 Å². The fourth-order valence-electron chi connectivity index (χ4n) is 2.98. The molecule has 0 aliphatic rings. The predicted octanol–water partition coefficient (Wildman–Crippen LogP) is 3.55. The Bertz CT molecular complexity index is 326. The van der Waals surface area contributed by atoms with Crippen molar-refractivity contribution in [2.45, 2.75) is 65.3 Å². The fourth-order valence-corrected chi connectivity index (χ4v) is 2.98. The molecule has 0 aliphatic heterocycles. The Morgan fingerprint density at radius 2 is 1.84 bits per heavy atom. The van der Waals surface area contributed by atoms with E-state index in [-0.39, 0.29) is 0 Å². The van der Waals surface area contributed by atoms with Gasteiger partial charge in [0.1, 0.15) is 0 Å². The van der Waals surface area contributed by atoms with Crippen LogP contribution in [0.25, 0.3) is 0 Å². The van der Waals surface area contributed by atoms with Crippen LogP contribution in [0.15, 0.2) is 12.4 Å². The quantitative estimate of drug-likeness (QED) is 0.701. The Hall–Kier alpha value is -0.830. The summed E-state index contributed by atoms with van der Waals surface area (Å²) in [6.07, 6.45) is 11.8. The summed E-state index contributed by atoms with van der Waals surface area (Å²) in [4.78, 5) is 0. The van der Waals surface area contributed by atoms with Crippen molar-refractivity contribution in [1.29, 1.82) is 0 Å². The summed E-state index contributed by atoms with van der Waals surface area (Å²) in [6.45, 7) is 7.88. The van der Waals surface area contributed by atoms with Crippen LogP contribution in [0.3, 0.4) is 0 Å². The number of nitrogens with zero attached hydrogens (tertiary/aromatic N) is 2. The largest absolute Gasteiger partial charge is 0.314 e. The minimum absolute atomic E-state index is 0.658. The molecular weight excluding hydrogens is 234 g/mol. The Morgan fingerprint density at radius 1 is 1.16 bits per heavy atom. The van der Waals surface area contributed by atoms with Crippen molar-refractivity contribution in [2.24, 2.45) is 13.0 Å². The van der Waals surface area contributed by atoms with E-state index in [4.69, 9.17) is 0 Å². The molecule has 1 rings (SSSR count). The van der Waals surface area contributed by atoms with Crippen LogP contribution < -0.4 is 5.32 Å². The van der Waals surface area contributed by atoms with Crippen LogP contribution in [0.1, 0.15) is 58.4 Å². The summed E-state index contributed by atoms with van der Waals surface area (Å²) in [5, 5.41) is 7.96. The lowest BCUT2D eigenvalue weighted by Gasteiger charge is -2.27. The molecule has 0 fully saturated rings. The number of aromatic nitrogens is 2. The molecule has 1 atom stereocenters. The maximum Gasteiger partial charge on any atom is 0.0521 e. The Balaban J connectivity index is 2.53. The number of rotatable bonds is 10. The molecule has 19 heavy (non-hydrogen) atoms. The summed E-state index contributed by atoms with van der Waals surface area (Å²) in [7, 11) is 1.99. The standard InChI is InChI=1S/C16H31N3/c1-5-8-15(9-6-2)16(17-7-3)11-10-14-12-18-19(4)13-14/h12-13,15-17H,5-11H2,1-4H3. The molecule has 1 aromatic rings. The van der Waals surface area contributed by atoms with E-state index >= 15 is 0 Å². The zero-order valence-corrected chi connectivity index (χ0v) is 13.2. The number of nitrogens with one attached hydrogen (secondary N) is 1. The van der Waals surface area contributed by atoms with Crippen molar-refractivity contribution < 1.29 is 0 Å². The molecule has 0 radical (unpaired) electrons. The Labute approximate surface area is 118 Å². The number of hydrogen-bond donors (Lipinski definition) is 1. The fraction of sp³-hybridized carbons (Fsp3) is 0.812. The van der Waals surface area contributed by atoms with Gasteiger partial charge < -0.3 is 5.32 Å². The minimum atomic E-state index is 0.658. The van der Waals surface area contributed by atoms with Gasteiger partial charge in [-0.05, 0) is 43.7 Å². The van der Waals surface area contributed by atoms with Crippen molar-refractivity contribution >= 4 is 0 Å². The van der Waals surface area contributed by atoms with Crippen LogP contribution in [0.2, 0.25) is 0 Å². The topological polar surface area (TPSA) is 29.9 Å². The normalized spacial score (nSPS) is 13.1. The van der Waals surface area contributed by atoms with Gasteiger partial charge >= 0.3 is 0 Å². The van der Waals surface area contributed by atoms with E-state index in [9.17, 15) is 0 Å². The van der Waals surface area contributed by atoms with Gasteiger partial charge in [-0.25, -0.2) is 0 Å². The lowest BCUT2D eigenvalue weighted by atomic mass is 9.87. The van der Waals surface area contributed by atoms with E-state index in [1.165, 1.54) is 37.7 Å². The van der Waals surface area contributed by atoms with E-state index in [0.29, 0.717) is 6.04 Å². The highest BCUT2D eigenvalue weighted by Crippen LogP contribution is 2.21. The van der Waals surface area contributed by atoms with Crippen molar-refractivity contribution in [1.82, 2.24) is 15.1 Å². The molecule has 1 heterocycles.